The third-order valence-electron chi connectivity index (χ3n) is 4.42. The number of nitriles is 1. The molecule has 4 heteroatoms. The van der Waals surface area contributed by atoms with Gasteiger partial charge in [-0.15, -0.1) is 0 Å². The highest BCUT2D eigenvalue weighted by atomic mass is 16.1. The van der Waals surface area contributed by atoms with Crippen molar-refractivity contribution in [3.63, 3.8) is 0 Å². The molecule has 0 unspecified atom stereocenters. The average Bonchev–Trinajstić information content (AvgIpc) is 2.74. The zero-order chi connectivity index (χ0) is 18.6. The topological polar surface area (TPSA) is 69.5 Å². The van der Waals surface area contributed by atoms with E-state index in [2.05, 4.69) is 16.0 Å². The quantitative estimate of drug-likeness (QED) is 0.586. The van der Waals surface area contributed by atoms with Gasteiger partial charge in [0.2, 0.25) is 0 Å². The Balaban J connectivity index is 2.13. The van der Waals surface area contributed by atoms with Gasteiger partial charge in [-0.25, -0.2) is 0 Å². The first kappa shape index (κ1) is 16.5. The second kappa shape index (κ2) is 7.11. The molecule has 0 aliphatic heterocycles. The maximum Gasteiger partial charge on any atom is 0.256 e. The molecule has 0 aliphatic rings. The lowest BCUT2D eigenvalue weighted by atomic mass is 9.90. The Labute approximate surface area is 156 Å². The van der Waals surface area contributed by atoms with E-state index >= 15 is 0 Å². The van der Waals surface area contributed by atoms with E-state index in [0.29, 0.717) is 27.9 Å². The predicted octanol–water partition coefficient (Wildman–Crippen LogP) is 4.64. The second-order valence-electron chi connectivity index (χ2n) is 6.02. The summed E-state index contributed by atoms with van der Waals surface area (Å²) in [5.41, 5.74) is 4.47. The molecular weight excluding hydrogens is 334 g/mol. The van der Waals surface area contributed by atoms with Crippen LogP contribution in [0.1, 0.15) is 5.56 Å². The molecule has 0 saturated heterocycles. The van der Waals surface area contributed by atoms with Gasteiger partial charge in [-0.05, 0) is 23.8 Å². The number of hydrogen-bond donors (Lipinski definition) is 1. The van der Waals surface area contributed by atoms with Crippen LogP contribution in [0.25, 0.3) is 33.5 Å². The van der Waals surface area contributed by atoms with E-state index in [4.69, 9.17) is 0 Å². The standard InChI is InChI=1S/C23H15N3O/c24-14-17-10-4-5-11-18(17)22-21(20-12-6-7-13-25-20)19(15-26-23(22)27)16-8-2-1-3-9-16/h1-13,15H,(H,26,27). The highest BCUT2D eigenvalue weighted by molar-refractivity contribution is 5.93. The number of rotatable bonds is 3. The number of benzene rings is 2. The number of aromatic amines is 1. The minimum atomic E-state index is -0.252. The fourth-order valence-corrected chi connectivity index (χ4v) is 3.21. The van der Waals surface area contributed by atoms with Crippen LogP contribution < -0.4 is 5.56 Å². The average molecular weight is 349 g/mol. The summed E-state index contributed by atoms with van der Waals surface area (Å²) in [6.45, 7) is 0. The lowest BCUT2D eigenvalue weighted by molar-refractivity contribution is 1.23. The Hall–Kier alpha value is -3.97. The van der Waals surface area contributed by atoms with Gasteiger partial charge >= 0.3 is 0 Å². The van der Waals surface area contributed by atoms with Crippen LogP contribution in [0.2, 0.25) is 0 Å². The van der Waals surface area contributed by atoms with E-state index in [0.717, 1.165) is 11.1 Å². The lowest BCUT2D eigenvalue weighted by Gasteiger charge is -2.15. The van der Waals surface area contributed by atoms with Gasteiger partial charge in [0.1, 0.15) is 0 Å². The van der Waals surface area contributed by atoms with Crippen molar-refractivity contribution in [2.45, 2.75) is 0 Å². The van der Waals surface area contributed by atoms with Crippen molar-refractivity contribution in [1.29, 1.82) is 5.26 Å². The fraction of sp³-hybridized carbons (Fsp3) is 0. The van der Waals surface area contributed by atoms with Gasteiger partial charge in [0.15, 0.2) is 0 Å². The summed E-state index contributed by atoms with van der Waals surface area (Å²) in [5, 5.41) is 9.54. The molecule has 2 aromatic carbocycles. The Kier molecular flexibility index (Phi) is 4.34. The number of pyridine rings is 2. The molecule has 0 fully saturated rings. The molecule has 4 aromatic rings. The Bertz CT molecular complexity index is 1190. The van der Waals surface area contributed by atoms with Crippen molar-refractivity contribution in [3.8, 4) is 39.6 Å². The molecule has 0 saturated carbocycles. The summed E-state index contributed by atoms with van der Waals surface area (Å²) in [5.74, 6) is 0. The van der Waals surface area contributed by atoms with E-state index in [-0.39, 0.29) is 5.56 Å². The van der Waals surface area contributed by atoms with Crippen molar-refractivity contribution in [3.05, 3.63) is 101 Å². The Morgan fingerprint density at radius 2 is 1.56 bits per heavy atom. The first-order chi connectivity index (χ1) is 13.3. The molecule has 0 amide bonds. The summed E-state index contributed by atoms with van der Waals surface area (Å²) < 4.78 is 0. The molecule has 0 atom stereocenters. The summed E-state index contributed by atoms with van der Waals surface area (Å²) >= 11 is 0. The fourth-order valence-electron chi connectivity index (χ4n) is 3.21. The van der Waals surface area contributed by atoms with Crippen molar-refractivity contribution in [1.82, 2.24) is 9.97 Å². The van der Waals surface area contributed by atoms with Crippen molar-refractivity contribution >= 4 is 0 Å². The maximum absolute atomic E-state index is 12.9. The van der Waals surface area contributed by atoms with Crippen LogP contribution in [0.5, 0.6) is 0 Å². The van der Waals surface area contributed by atoms with Crippen LogP contribution >= 0.6 is 0 Å². The van der Waals surface area contributed by atoms with Gasteiger partial charge in [0.25, 0.3) is 5.56 Å². The van der Waals surface area contributed by atoms with Gasteiger partial charge < -0.3 is 4.98 Å². The molecule has 27 heavy (non-hydrogen) atoms. The van der Waals surface area contributed by atoms with Crippen LogP contribution in [0.15, 0.2) is 90.0 Å². The van der Waals surface area contributed by atoms with Gasteiger partial charge in [0, 0.05) is 29.1 Å². The Morgan fingerprint density at radius 3 is 2.30 bits per heavy atom. The summed E-state index contributed by atoms with van der Waals surface area (Å²) in [7, 11) is 0. The van der Waals surface area contributed by atoms with Crippen LogP contribution in [-0.4, -0.2) is 9.97 Å². The maximum atomic E-state index is 12.9. The molecule has 0 spiro atoms. The highest BCUT2D eigenvalue weighted by Crippen LogP contribution is 2.37. The zero-order valence-electron chi connectivity index (χ0n) is 14.4. The summed E-state index contributed by atoms with van der Waals surface area (Å²) in [6.07, 6.45) is 3.41. The molecule has 2 aromatic heterocycles. The normalized spacial score (nSPS) is 10.3. The zero-order valence-corrected chi connectivity index (χ0v) is 14.4. The van der Waals surface area contributed by atoms with Crippen LogP contribution in [-0.2, 0) is 0 Å². The van der Waals surface area contributed by atoms with Crippen LogP contribution in [0.4, 0.5) is 0 Å². The number of H-pyrrole nitrogens is 1. The largest absolute Gasteiger partial charge is 0.328 e. The Morgan fingerprint density at radius 1 is 0.815 bits per heavy atom. The van der Waals surface area contributed by atoms with E-state index in [1.54, 1.807) is 30.6 Å². The minimum absolute atomic E-state index is 0.252. The van der Waals surface area contributed by atoms with Crippen molar-refractivity contribution < 1.29 is 0 Å². The van der Waals surface area contributed by atoms with Crippen molar-refractivity contribution in [2.75, 3.05) is 0 Å². The number of nitrogens with one attached hydrogen (secondary N) is 1. The summed E-state index contributed by atoms with van der Waals surface area (Å²) in [4.78, 5) is 20.2. The molecule has 4 rings (SSSR count). The highest BCUT2D eigenvalue weighted by Gasteiger charge is 2.20. The molecule has 1 N–H and O–H groups in total. The van der Waals surface area contributed by atoms with E-state index in [1.165, 1.54) is 0 Å². The van der Waals surface area contributed by atoms with Gasteiger partial charge in [-0.1, -0.05) is 54.6 Å². The monoisotopic (exact) mass is 349 g/mol. The van der Waals surface area contributed by atoms with Gasteiger partial charge in [0.05, 0.1) is 22.9 Å². The summed E-state index contributed by atoms with van der Waals surface area (Å²) in [6, 6.07) is 24.7. The lowest BCUT2D eigenvalue weighted by Crippen LogP contribution is -2.12. The number of aromatic nitrogens is 2. The molecule has 0 radical (unpaired) electrons. The van der Waals surface area contributed by atoms with E-state index in [9.17, 15) is 10.1 Å². The smallest absolute Gasteiger partial charge is 0.256 e. The second-order valence-corrected chi connectivity index (χ2v) is 6.02. The van der Waals surface area contributed by atoms with E-state index in [1.807, 2.05) is 54.6 Å². The third-order valence-corrected chi connectivity index (χ3v) is 4.42. The minimum Gasteiger partial charge on any atom is -0.328 e. The molecule has 0 aliphatic carbocycles. The first-order valence-corrected chi connectivity index (χ1v) is 8.51. The SMILES string of the molecule is N#Cc1ccccc1-c1c(-c2ccccn2)c(-c2ccccc2)c[nH]c1=O. The predicted molar refractivity (Wildman–Crippen MR) is 106 cm³/mol. The van der Waals surface area contributed by atoms with Gasteiger partial charge in [-0.2, -0.15) is 5.26 Å². The number of nitrogens with zero attached hydrogens (tertiary/aromatic N) is 2. The molecular formula is C23H15N3O. The molecule has 128 valence electrons. The molecule has 0 bridgehead atoms. The first-order valence-electron chi connectivity index (χ1n) is 8.51. The number of hydrogen-bond acceptors (Lipinski definition) is 3. The molecule has 4 nitrogen and oxygen atoms in total. The van der Waals surface area contributed by atoms with Gasteiger partial charge in [-0.3, -0.25) is 9.78 Å². The third kappa shape index (κ3) is 3.03. The van der Waals surface area contributed by atoms with Crippen LogP contribution in [0.3, 0.4) is 0 Å². The van der Waals surface area contributed by atoms with E-state index < -0.39 is 0 Å². The van der Waals surface area contributed by atoms with Crippen LogP contribution in [0, 0.1) is 11.3 Å². The molecule has 2 heterocycles. The van der Waals surface area contributed by atoms with Crippen molar-refractivity contribution in [2.24, 2.45) is 0 Å².